The van der Waals surface area contributed by atoms with Crippen LogP contribution in [-0.4, -0.2) is 49.7 Å². The van der Waals surface area contributed by atoms with Gasteiger partial charge in [-0.1, -0.05) is 41.4 Å². The summed E-state index contributed by atoms with van der Waals surface area (Å²) in [7, 11) is -3.85. The molecule has 0 radical (unpaired) electrons. The Labute approximate surface area is 188 Å². The molecule has 0 saturated carbocycles. The Morgan fingerprint density at radius 2 is 1.65 bits per heavy atom. The van der Waals surface area contributed by atoms with Gasteiger partial charge in [0.15, 0.2) is 5.76 Å². The van der Waals surface area contributed by atoms with Gasteiger partial charge in [-0.05, 0) is 36.4 Å². The van der Waals surface area contributed by atoms with E-state index in [-0.39, 0.29) is 64.1 Å². The summed E-state index contributed by atoms with van der Waals surface area (Å²) in [6, 6.07) is 13.6. The second-order valence-corrected chi connectivity index (χ2v) is 9.58. The topological polar surface area (TPSA) is 70.8 Å². The number of carbonyl (C=O) groups is 1. The Kier molecular flexibility index (Phi) is 6.07. The number of amides is 1. The average molecular weight is 483 g/mol. The van der Waals surface area contributed by atoms with Gasteiger partial charge >= 0.3 is 0 Å². The van der Waals surface area contributed by atoms with Gasteiger partial charge in [0, 0.05) is 26.2 Å². The van der Waals surface area contributed by atoms with Crippen LogP contribution in [0.4, 0.5) is 4.39 Å². The Balaban J connectivity index is 1.46. The first kappa shape index (κ1) is 21.8. The van der Waals surface area contributed by atoms with E-state index in [1.165, 1.54) is 45.6 Å². The molecular formula is C21H17Cl2FN2O4S. The van der Waals surface area contributed by atoms with Crippen LogP contribution in [0.15, 0.2) is 63.9 Å². The molecule has 6 nitrogen and oxygen atoms in total. The van der Waals surface area contributed by atoms with Crippen molar-refractivity contribution < 1.29 is 22.0 Å². The molecule has 1 aromatic heterocycles. The molecule has 10 heteroatoms. The number of furan rings is 1. The van der Waals surface area contributed by atoms with E-state index < -0.39 is 15.8 Å². The molecule has 1 amide bonds. The fraction of sp³-hybridized carbons (Fsp3) is 0.190. The third-order valence-corrected chi connectivity index (χ3v) is 7.89. The third-order valence-electron chi connectivity index (χ3n) is 5.02. The van der Waals surface area contributed by atoms with Crippen molar-refractivity contribution in [1.82, 2.24) is 9.21 Å². The molecule has 0 bridgehead atoms. The normalized spacial score (nSPS) is 15.3. The van der Waals surface area contributed by atoms with Crippen LogP contribution in [0.5, 0.6) is 0 Å². The highest BCUT2D eigenvalue weighted by Crippen LogP contribution is 2.31. The number of piperazine rings is 1. The number of benzene rings is 2. The second kappa shape index (κ2) is 8.63. The molecule has 0 aliphatic carbocycles. The number of halogens is 3. The molecule has 1 aliphatic rings. The van der Waals surface area contributed by atoms with Crippen LogP contribution < -0.4 is 0 Å². The molecule has 0 spiro atoms. The van der Waals surface area contributed by atoms with E-state index in [1.807, 2.05) is 0 Å². The zero-order chi connectivity index (χ0) is 22.2. The molecule has 0 N–H and O–H groups in total. The van der Waals surface area contributed by atoms with Gasteiger partial charge in [0.2, 0.25) is 10.0 Å². The maximum absolute atomic E-state index is 14.0. The van der Waals surface area contributed by atoms with E-state index in [1.54, 1.807) is 18.2 Å². The quantitative estimate of drug-likeness (QED) is 0.547. The number of nitrogens with zero attached hydrogens (tertiary/aromatic N) is 2. The number of hydrogen-bond donors (Lipinski definition) is 0. The Bertz CT molecular complexity index is 1240. The molecule has 2 heterocycles. The van der Waals surface area contributed by atoms with E-state index >= 15 is 0 Å². The summed E-state index contributed by atoms with van der Waals surface area (Å²) in [6.45, 7) is 0.535. The van der Waals surface area contributed by atoms with Crippen molar-refractivity contribution in [1.29, 1.82) is 0 Å². The van der Waals surface area contributed by atoms with Crippen molar-refractivity contribution in [2.24, 2.45) is 0 Å². The summed E-state index contributed by atoms with van der Waals surface area (Å²) in [6.07, 6.45) is 0. The molecule has 0 atom stereocenters. The fourth-order valence-corrected chi connectivity index (χ4v) is 5.53. The summed E-state index contributed by atoms with van der Waals surface area (Å²) < 4.78 is 46.6. The summed E-state index contributed by atoms with van der Waals surface area (Å²) >= 11 is 12.0. The van der Waals surface area contributed by atoms with Crippen molar-refractivity contribution in [3.63, 3.8) is 0 Å². The number of sulfonamides is 1. The summed E-state index contributed by atoms with van der Waals surface area (Å²) in [5.41, 5.74) is 0.260. The molecule has 31 heavy (non-hydrogen) atoms. The van der Waals surface area contributed by atoms with E-state index in [2.05, 4.69) is 0 Å². The minimum absolute atomic E-state index is 0.0288. The van der Waals surface area contributed by atoms with Gasteiger partial charge in [-0.25, -0.2) is 12.8 Å². The number of hydrogen-bond acceptors (Lipinski definition) is 4. The lowest BCUT2D eigenvalue weighted by Crippen LogP contribution is -2.50. The van der Waals surface area contributed by atoms with Crippen LogP contribution in [0.3, 0.4) is 0 Å². The van der Waals surface area contributed by atoms with Crippen LogP contribution in [0.2, 0.25) is 10.0 Å². The Morgan fingerprint density at radius 1 is 0.935 bits per heavy atom. The molecule has 4 rings (SSSR count). The van der Waals surface area contributed by atoms with Crippen LogP contribution in [-0.2, 0) is 10.0 Å². The first-order valence-electron chi connectivity index (χ1n) is 9.37. The highest BCUT2D eigenvalue weighted by atomic mass is 35.5. The van der Waals surface area contributed by atoms with Gasteiger partial charge in [0.05, 0.1) is 15.6 Å². The predicted octanol–water partition coefficient (Wildman–Crippen LogP) is 4.54. The standard InChI is InChI=1S/C21H17Cl2FN2O4S/c22-15-5-3-7-19(20(15)23)31(28,29)26-12-10-25(11-13-26)21(27)18-9-8-17(30-18)14-4-1-2-6-16(14)24/h1-9H,10-13H2. The van der Waals surface area contributed by atoms with Crippen molar-refractivity contribution in [2.45, 2.75) is 4.90 Å². The van der Waals surface area contributed by atoms with Gasteiger partial charge in [-0.2, -0.15) is 4.31 Å². The SMILES string of the molecule is O=C(c1ccc(-c2ccccc2F)o1)N1CCN(S(=O)(=O)c2cccc(Cl)c2Cl)CC1. The molecule has 1 fully saturated rings. The highest BCUT2D eigenvalue weighted by molar-refractivity contribution is 7.89. The van der Waals surface area contributed by atoms with E-state index in [9.17, 15) is 17.6 Å². The molecule has 1 saturated heterocycles. The molecule has 0 unspecified atom stereocenters. The summed E-state index contributed by atoms with van der Waals surface area (Å²) in [5, 5.41) is 0.124. The van der Waals surface area contributed by atoms with Crippen LogP contribution in [0.25, 0.3) is 11.3 Å². The van der Waals surface area contributed by atoms with Gasteiger partial charge < -0.3 is 9.32 Å². The van der Waals surface area contributed by atoms with Crippen molar-refractivity contribution in [3.8, 4) is 11.3 Å². The maximum Gasteiger partial charge on any atom is 0.289 e. The van der Waals surface area contributed by atoms with Crippen LogP contribution in [0.1, 0.15) is 10.6 Å². The van der Waals surface area contributed by atoms with Gasteiger partial charge in [0.25, 0.3) is 5.91 Å². The minimum atomic E-state index is -3.85. The monoisotopic (exact) mass is 482 g/mol. The fourth-order valence-electron chi connectivity index (χ4n) is 3.37. The minimum Gasteiger partial charge on any atom is -0.451 e. The second-order valence-electron chi connectivity index (χ2n) is 6.89. The first-order chi connectivity index (χ1) is 14.8. The summed E-state index contributed by atoms with van der Waals surface area (Å²) in [5.74, 6) is -0.527. The molecule has 3 aromatic rings. The molecular weight excluding hydrogens is 466 g/mol. The average Bonchev–Trinajstić information content (AvgIpc) is 3.25. The maximum atomic E-state index is 14.0. The number of rotatable bonds is 4. The lowest BCUT2D eigenvalue weighted by Gasteiger charge is -2.33. The Morgan fingerprint density at radius 3 is 2.35 bits per heavy atom. The highest BCUT2D eigenvalue weighted by Gasteiger charge is 2.33. The van der Waals surface area contributed by atoms with Crippen molar-refractivity contribution >= 4 is 39.1 Å². The third kappa shape index (κ3) is 4.21. The van der Waals surface area contributed by atoms with Gasteiger partial charge in [-0.3, -0.25) is 4.79 Å². The largest absolute Gasteiger partial charge is 0.451 e. The molecule has 2 aromatic carbocycles. The number of carbonyl (C=O) groups excluding carboxylic acids is 1. The van der Waals surface area contributed by atoms with Crippen molar-refractivity contribution in [3.05, 3.63) is 76.2 Å². The zero-order valence-electron chi connectivity index (χ0n) is 16.1. The smallest absolute Gasteiger partial charge is 0.289 e. The van der Waals surface area contributed by atoms with Gasteiger partial charge in [0.1, 0.15) is 16.5 Å². The van der Waals surface area contributed by atoms with Crippen molar-refractivity contribution in [2.75, 3.05) is 26.2 Å². The molecule has 162 valence electrons. The Hall–Kier alpha value is -2.39. The van der Waals surface area contributed by atoms with Crippen LogP contribution in [0, 0.1) is 5.82 Å². The predicted molar refractivity (Wildman–Crippen MR) is 115 cm³/mol. The van der Waals surface area contributed by atoms with E-state index in [4.69, 9.17) is 27.6 Å². The first-order valence-corrected chi connectivity index (χ1v) is 11.6. The lowest BCUT2D eigenvalue weighted by atomic mass is 10.1. The van der Waals surface area contributed by atoms with E-state index in [0.29, 0.717) is 0 Å². The molecule has 1 aliphatic heterocycles. The van der Waals surface area contributed by atoms with Gasteiger partial charge in [-0.15, -0.1) is 0 Å². The zero-order valence-corrected chi connectivity index (χ0v) is 18.4. The summed E-state index contributed by atoms with van der Waals surface area (Å²) in [4.78, 5) is 14.2. The van der Waals surface area contributed by atoms with E-state index in [0.717, 1.165) is 0 Å². The van der Waals surface area contributed by atoms with Crippen LogP contribution >= 0.6 is 23.2 Å². The lowest BCUT2D eigenvalue weighted by molar-refractivity contribution is 0.0667.